The van der Waals surface area contributed by atoms with E-state index < -0.39 is 0 Å². The van der Waals surface area contributed by atoms with Crippen LogP contribution in [0.5, 0.6) is 11.6 Å². The molecule has 7 nitrogen and oxygen atoms in total. The van der Waals surface area contributed by atoms with E-state index in [2.05, 4.69) is 34.1 Å². The van der Waals surface area contributed by atoms with Crippen molar-refractivity contribution in [3.05, 3.63) is 78.4 Å². The van der Waals surface area contributed by atoms with E-state index in [9.17, 15) is 4.79 Å². The number of aromatic nitrogens is 1. The minimum atomic E-state index is -0.353. The van der Waals surface area contributed by atoms with Gasteiger partial charge in [0, 0.05) is 24.8 Å². The number of amides is 1. The van der Waals surface area contributed by atoms with E-state index in [4.69, 9.17) is 14.2 Å². The number of hydrogen-bond acceptors (Lipinski definition) is 6. The predicted octanol–water partition coefficient (Wildman–Crippen LogP) is 4.07. The van der Waals surface area contributed by atoms with Gasteiger partial charge in [0.05, 0.1) is 19.3 Å². The van der Waals surface area contributed by atoms with E-state index in [1.165, 1.54) is 5.69 Å². The molecule has 3 heterocycles. The summed E-state index contributed by atoms with van der Waals surface area (Å²) in [5.74, 6) is 1.90. The van der Waals surface area contributed by atoms with E-state index in [0.717, 1.165) is 37.2 Å². The Labute approximate surface area is 199 Å². The van der Waals surface area contributed by atoms with Crippen molar-refractivity contribution in [3.8, 4) is 11.6 Å². The number of anilines is 2. The van der Waals surface area contributed by atoms with Crippen LogP contribution in [-0.2, 0) is 16.1 Å². The molecule has 7 heteroatoms. The monoisotopic (exact) mass is 459 g/mol. The van der Waals surface area contributed by atoms with Crippen molar-refractivity contribution in [2.24, 2.45) is 0 Å². The van der Waals surface area contributed by atoms with Crippen LogP contribution in [0, 0.1) is 0 Å². The van der Waals surface area contributed by atoms with Crippen LogP contribution in [0.2, 0.25) is 0 Å². The van der Waals surface area contributed by atoms with E-state index in [1.54, 1.807) is 18.1 Å². The molecule has 0 bridgehead atoms. The van der Waals surface area contributed by atoms with Crippen molar-refractivity contribution in [1.82, 2.24) is 4.98 Å². The number of rotatable bonds is 6. The lowest BCUT2D eigenvalue weighted by Gasteiger charge is -2.47. The number of hydrogen-bond donors (Lipinski definition) is 0. The highest BCUT2D eigenvalue weighted by molar-refractivity contribution is 5.94. The summed E-state index contributed by atoms with van der Waals surface area (Å²) in [6, 6.07) is 23.9. The van der Waals surface area contributed by atoms with Gasteiger partial charge in [0.2, 0.25) is 5.88 Å². The molecule has 0 N–H and O–H groups in total. The highest BCUT2D eigenvalue weighted by atomic mass is 16.5. The molecule has 2 aliphatic rings. The van der Waals surface area contributed by atoms with Gasteiger partial charge in [-0.2, -0.15) is 4.98 Å². The fraction of sp³-hybridized carbons (Fsp3) is 0.333. The van der Waals surface area contributed by atoms with Crippen molar-refractivity contribution in [3.63, 3.8) is 0 Å². The standard InChI is InChI=1S/C27H29N3O4/c1-32-25-9-5-8-24(28-25)30-20-27(34-19-26(30)31)14-16-29(17-15-27)22-10-12-23(13-11-22)33-18-21-6-3-2-4-7-21/h2-13H,14-20H2,1H3. The second-order valence-electron chi connectivity index (χ2n) is 8.74. The largest absolute Gasteiger partial charge is 0.489 e. The van der Waals surface area contributed by atoms with Gasteiger partial charge in [0.15, 0.2) is 0 Å². The lowest BCUT2D eigenvalue weighted by Crippen LogP contribution is -2.59. The number of pyridine rings is 1. The van der Waals surface area contributed by atoms with Crippen molar-refractivity contribution in [2.75, 3.05) is 43.2 Å². The van der Waals surface area contributed by atoms with Gasteiger partial charge in [-0.25, -0.2) is 0 Å². The summed E-state index contributed by atoms with van der Waals surface area (Å²) >= 11 is 0. The number of piperidine rings is 1. The molecule has 1 aromatic heterocycles. The SMILES string of the molecule is COc1cccc(N2CC3(CCN(c4ccc(OCc5ccccc5)cc4)CC3)OCC2=O)n1. The molecule has 0 aliphatic carbocycles. The maximum atomic E-state index is 12.6. The first-order chi connectivity index (χ1) is 16.6. The highest BCUT2D eigenvalue weighted by Gasteiger charge is 2.43. The second-order valence-corrected chi connectivity index (χ2v) is 8.74. The third kappa shape index (κ3) is 4.84. The molecule has 2 fully saturated rings. The number of benzene rings is 2. The third-order valence-corrected chi connectivity index (χ3v) is 6.57. The average Bonchev–Trinajstić information content (AvgIpc) is 2.90. The Morgan fingerprint density at radius 2 is 1.74 bits per heavy atom. The zero-order valence-corrected chi connectivity index (χ0v) is 19.4. The summed E-state index contributed by atoms with van der Waals surface area (Å²) in [5, 5.41) is 0. The van der Waals surface area contributed by atoms with E-state index >= 15 is 0 Å². The molecule has 5 rings (SSSR count). The van der Waals surface area contributed by atoms with E-state index in [-0.39, 0.29) is 18.1 Å². The molecule has 0 saturated carbocycles. The van der Waals surface area contributed by atoms with Crippen molar-refractivity contribution in [1.29, 1.82) is 0 Å². The van der Waals surface area contributed by atoms with Gasteiger partial charge in [-0.05, 0) is 48.7 Å². The summed E-state index contributed by atoms with van der Waals surface area (Å²) in [7, 11) is 1.58. The molecule has 1 amide bonds. The Bertz CT molecular complexity index is 1110. The molecule has 2 aliphatic heterocycles. The number of morpholine rings is 1. The van der Waals surface area contributed by atoms with Crippen LogP contribution in [0.4, 0.5) is 11.5 Å². The molecule has 3 aromatic rings. The molecular weight excluding hydrogens is 430 g/mol. The Balaban J connectivity index is 1.19. The number of methoxy groups -OCH3 is 1. The van der Waals surface area contributed by atoms with Crippen LogP contribution in [-0.4, -0.2) is 49.8 Å². The zero-order chi connectivity index (χ0) is 23.4. The topological polar surface area (TPSA) is 64.1 Å². The molecule has 2 saturated heterocycles. The summed E-state index contributed by atoms with van der Waals surface area (Å²) < 4.78 is 17.3. The van der Waals surface area contributed by atoms with Crippen LogP contribution in [0.1, 0.15) is 18.4 Å². The van der Waals surface area contributed by atoms with Gasteiger partial charge in [-0.1, -0.05) is 36.4 Å². The maximum absolute atomic E-state index is 12.6. The van der Waals surface area contributed by atoms with Crippen LogP contribution in [0.3, 0.4) is 0 Å². The average molecular weight is 460 g/mol. The summed E-state index contributed by atoms with van der Waals surface area (Å²) in [6.45, 7) is 2.86. The lowest BCUT2D eigenvalue weighted by molar-refractivity contribution is -0.141. The Kier molecular flexibility index (Phi) is 6.36. The number of carbonyl (C=O) groups excluding carboxylic acids is 1. The molecule has 0 atom stereocenters. The number of carbonyl (C=O) groups is 1. The minimum absolute atomic E-state index is 0.0695. The maximum Gasteiger partial charge on any atom is 0.254 e. The molecule has 176 valence electrons. The van der Waals surface area contributed by atoms with Crippen LogP contribution < -0.4 is 19.3 Å². The first-order valence-corrected chi connectivity index (χ1v) is 11.6. The van der Waals surface area contributed by atoms with Crippen LogP contribution >= 0.6 is 0 Å². The predicted molar refractivity (Wildman–Crippen MR) is 130 cm³/mol. The van der Waals surface area contributed by atoms with Crippen molar-refractivity contribution in [2.45, 2.75) is 25.0 Å². The van der Waals surface area contributed by atoms with Gasteiger partial charge < -0.3 is 19.1 Å². The van der Waals surface area contributed by atoms with Crippen molar-refractivity contribution < 1.29 is 19.0 Å². The summed E-state index contributed by atoms with van der Waals surface area (Å²) in [5.41, 5.74) is 1.96. The molecule has 0 radical (unpaired) electrons. The van der Waals surface area contributed by atoms with Crippen LogP contribution in [0.15, 0.2) is 72.8 Å². The lowest BCUT2D eigenvalue weighted by atomic mass is 9.89. The second kappa shape index (κ2) is 9.73. The first kappa shape index (κ1) is 22.2. The molecule has 0 unspecified atom stereocenters. The molecule has 1 spiro atoms. The quantitative estimate of drug-likeness (QED) is 0.554. The van der Waals surface area contributed by atoms with Crippen LogP contribution in [0.25, 0.3) is 0 Å². The molecule has 34 heavy (non-hydrogen) atoms. The summed E-state index contributed by atoms with van der Waals surface area (Å²) in [6.07, 6.45) is 1.68. The van der Waals surface area contributed by atoms with Crippen molar-refractivity contribution >= 4 is 17.4 Å². The van der Waals surface area contributed by atoms with Gasteiger partial charge in [-0.15, -0.1) is 0 Å². The van der Waals surface area contributed by atoms with Gasteiger partial charge in [0.25, 0.3) is 5.91 Å². The number of nitrogens with zero attached hydrogens (tertiary/aromatic N) is 3. The van der Waals surface area contributed by atoms with Gasteiger partial charge in [-0.3, -0.25) is 9.69 Å². The Morgan fingerprint density at radius 1 is 0.971 bits per heavy atom. The van der Waals surface area contributed by atoms with E-state index in [1.807, 2.05) is 42.5 Å². The first-order valence-electron chi connectivity index (χ1n) is 11.6. The van der Waals surface area contributed by atoms with Gasteiger partial charge in [0.1, 0.15) is 24.8 Å². The Hall–Kier alpha value is -3.58. The number of ether oxygens (including phenoxy) is 3. The normalized spacial score (nSPS) is 17.6. The highest BCUT2D eigenvalue weighted by Crippen LogP contribution is 2.34. The fourth-order valence-corrected chi connectivity index (χ4v) is 4.56. The third-order valence-electron chi connectivity index (χ3n) is 6.57. The molecule has 2 aromatic carbocycles. The summed E-state index contributed by atoms with van der Waals surface area (Å²) in [4.78, 5) is 21.1. The fourth-order valence-electron chi connectivity index (χ4n) is 4.56. The zero-order valence-electron chi connectivity index (χ0n) is 19.4. The minimum Gasteiger partial charge on any atom is -0.489 e. The smallest absolute Gasteiger partial charge is 0.254 e. The molecular formula is C27H29N3O4. The van der Waals surface area contributed by atoms with E-state index in [0.29, 0.717) is 24.8 Å². The van der Waals surface area contributed by atoms with Gasteiger partial charge >= 0.3 is 0 Å². The Morgan fingerprint density at radius 3 is 2.47 bits per heavy atom.